The molecule has 0 fully saturated rings. The van der Waals surface area contributed by atoms with Crippen molar-refractivity contribution in [1.82, 2.24) is 5.32 Å². The molecule has 4 heteroatoms. The standard InChI is InChI=1S/C14H20ClNO2/c1-4-13(14(17)16-9-10(2)3)18-12-7-5-11(15)6-8-12/h5-8,10,13H,4,9H2,1-3H3,(H,16,17)/t13-/m0/s1. The van der Waals surface area contributed by atoms with E-state index in [0.717, 1.165) is 0 Å². The maximum Gasteiger partial charge on any atom is 0.261 e. The zero-order valence-corrected chi connectivity index (χ0v) is 11.8. The van der Waals surface area contributed by atoms with E-state index in [1.54, 1.807) is 24.3 Å². The van der Waals surface area contributed by atoms with Crippen molar-refractivity contribution in [3.8, 4) is 5.75 Å². The smallest absolute Gasteiger partial charge is 0.261 e. The van der Waals surface area contributed by atoms with E-state index >= 15 is 0 Å². The number of ether oxygens (including phenoxy) is 1. The number of hydrogen-bond acceptors (Lipinski definition) is 2. The lowest BCUT2D eigenvalue weighted by Gasteiger charge is -2.18. The van der Waals surface area contributed by atoms with Gasteiger partial charge in [0.2, 0.25) is 0 Å². The fourth-order valence-electron chi connectivity index (χ4n) is 1.42. The summed E-state index contributed by atoms with van der Waals surface area (Å²) in [5.74, 6) is 1.02. The third-order valence-corrected chi connectivity index (χ3v) is 2.69. The number of hydrogen-bond donors (Lipinski definition) is 1. The molecule has 0 bridgehead atoms. The molecule has 0 spiro atoms. The van der Waals surface area contributed by atoms with Gasteiger partial charge in [-0.3, -0.25) is 4.79 Å². The van der Waals surface area contributed by atoms with Gasteiger partial charge in [0.05, 0.1) is 0 Å². The number of benzene rings is 1. The highest BCUT2D eigenvalue weighted by molar-refractivity contribution is 6.30. The second kappa shape index (κ2) is 7.27. The molecule has 0 aliphatic carbocycles. The maximum absolute atomic E-state index is 11.9. The Morgan fingerprint density at radius 2 is 1.94 bits per heavy atom. The molecule has 3 nitrogen and oxygen atoms in total. The van der Waals surface area contributed by atoms with Crippen molar-refractivity contribution in [2.24, 2.45) is 5.92 Å². The molecule has 0 saturated heterocycles. The second-order valence-corrected chi connectivity index (χ2v) is 5.04. The van der Waals surface area contributed by atoms with Crippen LogP contribution in [0.5, 0.6) is 5.75 Å². The van der Waals surface area contributed by atoms with Crippen LogP contribution in [0.2, 0.25) is 5.02 Å². The Morgan fingerprint density at radius 1 is 1.33 bits per heavy atom. The Kier molecular flexibility index (Phi) is 5.99. The average Bonchev–Trinajstić information content (AvgIpc) is 2.35. The summed E-state index contributed by atoms with van der Waals surface area (Å²) in [6.45, 7) is 6.71. The van der Waals surface area contributed by atoms with E-state index in [2.05, 4.69) is 19.2 Å². The summed E-state index contributed by atoms with van der Waals surface area (Å²) in [5.41, 5.74) is 0. The fourth-order valence-corrected chi connectivity index (χ4v) is 1.54. The fraction of sp³-hybridized carbons (Fsp3) is 0.500. The van der Waals surface area contributed by atoms with Crippen LogP contribution < -0.4 is 10.1 Å². The van der Waals surface area contributed by atoms with Gasteiger partial charge in [0.15, 0.2) is 6.10 Å². The van der Waals surface area contributed by atoms with Gasteiger partial charge in [0.25, 0.3) is 5.91 Å². The van der Waals surface area contributed by atoms with E-state index < -0.39 is 6.10 Å². The van der Waals surface area contributed by atoms with Gasteiger partial charge in [-0.25, -0.2) is 0 Å². The first-order valence-corrected chi connectivity index (χ1v) is 6.60. The normalized spacial score (nSPS) is 12.3. The predicted molar refractivity (Wildman–Crippen MR) is 74.0 cm³/mol. The summed E-state index contributed by atoms with van der Waals surface area (Å²) < 4.78 is 5.64. The lowest BCUT2D eigenvalue weighted by molar-refractivity contribution is -0.128. The highest BCUT2D eigenvalue weighted by Crippen LogP contribution is 2.17. The van der Waals surface area contributed by atoms with E-state index in [4.69, 9.17) is 16.3 Å². The van der Waals surface area contributed by atoms with Crippen molar-refractivity contribution in [2.45, 2.75) is 33.3 Å². The molecule has 1 atom stereocenters. The minimum Gasteiger partial charge on any atom is -0.481 e. The van der Waals surface area contributed by atoms with Gasteiger partial charge in [-0.05, 0) is 36.6 Å². The van der Waals surface area contributed by atoms with E-state index in [1.807, 2.05) is 6.92 Å². The van der Waals surface area contributed by atoms with Gasteiger partial charge in [0, 0.05) is 11.6 Å². The second-order valence-electron chi connectivity index (χ2n) is 4.61. The van der Waals surface area contributed by atoms with Crippen LogP contribution in [0.4, 0.5) is 0 Å². The minimum atomic E-state index is -0.454. The Balaban J connectivity index is 2.55. The van der Waals surface area contributed by atoms with Crippen molar-refractivity contribution >= 4 is 17.5 Å². The van der Waals surface area contributed by atoms with Crippen molar-refractivity contribution in [3.05, 3.63) is 29.3 Å². The Morgan fingerprint density at radius 3 is 2.44 bits per heavy atom. The van der Waals surface area contributed by atoms with Gasteiger partial charge in [-0.2, -0.15) is 0 Å². The molecule has 1 aromatic carbocycles. The van der Waals surface area contributed by atoms with Crippen LogP contribution in [0.25, 0.3) is 0 Å². The van der Waals surface area contributed by atoms with Crippen molar-refractivity contribution in [2.75, 3.05) is 6.54 Å². The van der Waals surface area contributed by atoms with Crippen molar-refractivity contribution in [1.29, 1.82) is 0 Å². The zero-order valence-electron chi connectivity index (χ0n) is 11.1. The highest BCUT2D eigenvalue weighted by Gasteiger charge is 2.18. The van der Waals surface area contributed by atoms with Crippen molar-refractivity contribution in [3.63, 3.8) is 0 Å². The minimum absolute atomic E-state index is 0.0684. The summed E-state index contributed by atoms with van der Waals surface area (Å²) in [6, 6.07) is 7.02. The predicted octanol–water partition coefficient (Wildman–Crippen LogP) is 3.27. The van der Waals surface area contributed by atoms with E-state index in [-0.39, 0.29) is 5.91 Å². The van der Waals surface area contributed by atoms with Gasteiger partial charge < -0.3 is 10.1 Å². The van der Waals surface area contributed by atoms with Crippen LogP contribution in [0, 0.1) is 5.92 Å². The number of rotatable bonds is 6. The van der Waals surface area contributed by atoms with Gasteiger partial charge in [-0.15, -0.1) is 0 Å². The van der Waals surface area contributed by atoms with Gasteiger partial charge in [0.1, 0.15) is 5.75 Å². The zero-order chi connectivity index (χ0) is 13.5. The lowest BCUT2D eigenvalue weighted by Crippen LogP contribution is -2.39. The van der Waals surface area contributed by atoms with Crippen LogP contribution >= 0.6 is 11.6 Å². The Bertz CT molecular complexity index is 376. The number of amides is 1. The summed E-state index contributed by atoms with van der Waals surface area (Å²) in [7, 11) is 0. The first-order chi connectivity index (χ1) is 8.52. The molecule has 0 aliphatic rings. The lowest BCUT2D eigenvalue weighted by atomic mass is 10.2. The third kappa shape index (κ3) is 4.96. The van der Waals surface area contributed by atoms with Gasteiger partial charge >= 0.3 is 0 Å². The van der Waals surface area contributed by atoms with Crippen LogP contribution in [-0.2, 0) is 4.79 Å². The van der Waals surface area contributed by atoms with Crippen LogP contribution in [0.3, 0.4) is 0 Å². The van der Waals surface area contributed by atoms with E-state index in [9.17, 15) is 4.79 Å². The molecule has 0 aliphatic heterocycles. The Hall–Kier alpha value is -1.22. The van der Waals surface area contributed by atoms with Gasteiger partial charge in [-0.1, -0.05) is 32.4 Å². The molecular weight excluding hydrogens is 250 g/mol. The summed E-state index contributed by atoms with van der Waals surface area (Å²) in [4.78, 5) is 11.9. The largest absolute Gasteiger partial charge is 0.481 e. The number of halogens is 1. The molecule has 0 unspecified atom stereocenters. The van der Waals surface area contributed by atoms with Crippen LogP contribution in [-0.4, -0.2) is 18.6 Å². The molecule has 0 heterocycles. The third-order valence-electron chi connectivity index (χ3n) is 2.44. The number of carbonyl (C=O) groups is 1. The summed E-state index contributed by atoms with van der Waals surface area (Å²) in [6.07, 6.45) is 0.178. The number of carbonyl (C=O) groups excluding carboxylic acids is 1. The number of nitrogens with one attached hydrogen (secondary N) is 1. The first-order valence-electron chi connectivity index (χ1n) is 6.22. The SMILES string of the molecule is CC[C@H](Oc1ccc(Cl)cc1)C(=O)NCC(C)C. The van der Waals surface area contributed by atoms with Crippen molar-refractivity contribution < 1.29 is 9.53 Å². The molecule has 0 radical (unpaired) electrons. The maximum atomic E-state index is 11.9. The molecule has 0 aromatic heterocycles. The molecule has 1 rings (SSSR count). The molecule has 1 N–H and O–H groups in total. The molecule has 100 valence electrons. The average molecular weight is 270 g/mol. The molecule has 18 heavy (non-hydrogen) atoms. The van der Waals surface area contributed by atoms with Crippen LogP contribution in [0.1, 0.15) is 27.2 Å². The van der Waals surface area contributed by atoms with E-state index in [1.165, 1.54) is 0 Å². The topological polar surface area (TPSA) is 38.3 Å². The Labute approximate surface area is 113 Å². The molecule has 1 amide bonds. The quantitative estimate of drug-likeness (QED) is 0.861. The molecular formula is C14H20ClNO2. The van der Waals surface area contributed by atoms with E-state index in [0.29, 0.717) is 29.7 Å². The van der Waals surface area contributed by atoms with Crippen LogP contribution in [0.15, 0.2) is 24.3 Å². The summed E-state index contributed by atoms with van der Waals surface area (Å²) in [5, 5.41) is 3.53. The molecule has 1 aromatic rings. The molecule has 0 saturated carbocycles. The highest BCUT2D eigenvalue weighted by atomic mass is 35.5. The summed E-state index contributed by atoms with van der Waals surface area (Å²) >= 11 is 5.79. The monoisotopic (exact) mass is 269 g/mol. The first kappa shape index (κ1) is 14.8.